The van der Waals surface area contributed by atoms with Crippen LogP contribution in [0.2, 0.25) is 0 Å². The first-order valence-corrected chi connectivity index (χ1v) is 5.15. The number of hydrogen-bond acceptors (Lipinski definition) is 4. The molecule has 1 aliphatic rings. The molecule has 82 valence electrons. The summed E-state index contributed by atoms with van der Waals surface area (Å²) in [6, 6.07) is 5.99. The van der Waals surface area contributed by atoms with Crippen LogP contribution in [0.1, 0.15) is 18.5 Å². The van der Waals surface area contributed by atoms with Gasteiger partial charge in [0, 0.05) is 12.1 Å². The van der Waals surface area contributed by atoms with Crippen molar-refractivity contribution >= 4 is 0 Å². The van der Waals surface area contributed by atoms with Crippen molar-refractivity contribution in [2.24, 2.45) is 5.73 Å². The fourth-order valence-corrected chi connectivity index (χ4v) is 1.60. The highest BCUT2D eigenvalue weighted by atomic mass is 16.5. The van der Waals surface area contributed by atoms with E-state index in [4.69, 9.17) is 15.2 Å². The normalized spacial score (nSPS) is 24.7. The van der Waals surface area contributed by atoms with Gasteiger partial charge in [0.25, 0.3) is 0 Å². The minimum absolute atomic E-state index is 0.313. The molecule has 2 N–H and O–H groups in total. The van der Waals surface area contributed by atoms with E-state index < -0.39 is 0 Å². The summed E-state index contributed by atoms with van der Waals surface area (Å²) in [5.41, 5.74) is 6.57. The van der Waals surface area contributed by atoms with Crippen LogP contribution in [-0.2, 0) is 11.3 Å². The lowest BCUT2D eigenvalue weighted by Crippen LogP contribution is -2.41. The SMILES string of the molecule is COc1cccc(COC2CC(N)C2)n1. The lowest BCUT2D eigenvalue weighted by molar-refractivity contribution is -0.0203. The van der Waals surface area contributed by atoms with Gasteiger partial charge >= 0.3 is 0 Å². The molecule has 0 bridgehead atoms. The summed E-state index contributed by atoms with van der Waals surface area (Å²) in [4.78, 5) is 4.26. The van der Waals surface area contributed by atoms with E-state index in [9.17, 15) is 0 Å². The summed E-state index contributed by atoms with van der Waals surface area (Å²) in [5, 5.41) is 0. The lowest BCUT2D eigenvalue weighted by atomic mass is 9.90. The van der Waals surface area contributed by atoms with Crippen molar-refractivity contribution < 1.29 is 9.47 Å². The molecule has 1 aliphatic carbocycles. The van der Waals surface area contributed by atoms with Crippen LogP contribution in [0.25, 0.3) is 0 Å². The largest absolute Gasteiger partial charge is 0.481 e. The minimum atomic E-state index is 0.313. The van der Waals surface area contributed by atoms with E-state index in [0.29, 0.717) is 24.6 Å². The van der Waals surface area contributed by atoms with Crippen LogP contribution in [-0.4, -0.2) is 24.2 Å². The Morgan fingerprint density at radius 1 is 1.47 bits per heavy atom. The number of ether oxygens (including phenoxy) is 2. The quantitative estimate of drug-likeness (QED) is 0.805. The summed E-state index contributed by atoms with van der Waals surface area (Å²) < 4.78 is 10.7. The van der Waals surface area contributed by atoms with Crippen molar-refractivity contribution in [2.45, 2.75) is 31.6 Å². The Hall–Kier alpha value is -1.13. The maximum atomic E-state index is 5.67. The minimum Gasteiger partial charge on any atom is -0.481 e. The molecule has 4 nitrogen and oxygen atoms in total. The number of rotatable bonds is 4. The van der Waals surface area contributed by atoms with Crippen LogP contribution in [0, 0.1) is 0 Å². The monoisotopic (exact) mass is 208 g/mol. The maximum absolute atomic E-state index is 5.67. The molecule has 0 spiro atoms. The van der Waals surface area contributed by atoms with Crippen LogP contribution >= 0.6 is 0 Å². The third-order valence-corrected chi connectivity index (χ3v) is 2.59. The number of nitrogens with zero attached hydrogens (tertiary/aromatic N) is 1. The summed E-state index contributed by atoms with van der Waals surface area (Å²) >= 11 is 0. The van der Waals surface area contributed by atoms with Gasteiger partial charge in [-0.2, -0.15) is 0 Å². The van der Waals surface area contributed by atoms with Gasteiger partial charge in [0.2, 0.25) is 5.88 Å². The van der Waals surface area contributed by atoms with E-state index in [1.807, 2.05) is 18.2 Å². The second kappa shape index (κ2) is 4.59. The number of hydrogen-bond donors (Lipinski definition) is 1. The Morgan fingerprint density at radius 2 is 2.27 bits per heavy atom. The molecule has 15 heavy (non-hydrogen) atoms. The van der Waals surface area contributed by atoms with Crippen molar-refractivity contribution in [1.29, 1.82) is 0 Å². The van der Waals surface area contributed by atoms with Crippen molar-refractivity contribution in [3.8, 4) is 5.88 Å². The van der Waals surface area contributed by atoms with Gasteiger partial charge in [0.05, 0.1) is 25.5 Å². The van der Waals surface area contributed by atoms with Crippen LogP contribution in [0.3, 0.4) is 0 Å². The topological polar surface area (TPSA) is 57.4 Å². The highest BCUT2D eigenvalue weighted by Gasteiger charge is 2.26. The number of nitrogens with two attached hydrogens (primary N) is 1. The van der Waals surface area contributed by atoms with E-state index in [1.165, 1.54) is 0 Å². The van der Waals surface area contributed by atoms with Crippen LogP contribution in [0.4, 0.5) is 0 Å². The smallest absolute Gasteiger partial charge is 0.213 e. The van der Waals surface area contributed by atoms with E-state index in [1.54, 1.807) is 7.11 Å². The zero-order chi connectivity index (χ0) is 10.7. The molecule has 0 aromatic carbocycles. The van der Waals surface area contributed by atoms with Crippen molar-refractivity contribution in [3.05, 3.63) is 23.9 Å². The van der Waals surface area contributed by atoms with Gasteiger partial charge in [0.15, 0.2) is 0 Å². The van der Waals surface area contributed by atoms with E-state index in [-0.39, 0.29) is 0 Å². The highest BCUT2D eigenvalue weighted by molar-refractivity contribution is 5.15. The summed E-state index contributed by atoms with van der Waals surface area (Å²) in [7, 11) is 1.61. The van der Waals surface area contributed by atoms with Crippen molar-refractivity contribution in [3.63, 3.8) is 0 Å². The molecule has 1 fully saturated rings. The average molecular weight is 208 g/mol. The molecule has 1 aromatic heterocycles. The summed E-state index contributed by atoms with van der Waals surface area (Å²) in [6.07, 6.45) is 2.24. The van der Waals surface area contributed by atoms with Gasteiger partial charge < -0.3 is 15.2 Å². The molecule has 0 amide bonds. The van der Waals surface area contributed by atoms with E-state index in [0.717, 1.165) is 18.5 Å². The average Bonchev–Trinajstić information content (AvgIpc) is 2.23. The maximum Gasteiger partial charge on any atom is 0.213 e. The Balaban J connectivity index is 1.82. The van der Waals surface area contributed by atoms with Crippen LogP contribution in [0.5, 0.6) is 5.88 Å². The third-order valence-electron chi connectivity index (χ3n) is 2.59. The molecule has 0 radical (unpaired) electrons. The van der Waals surface area contributed by atoms with Gasteiger partial charge in [0.1, 0.15) is 0 Å². The van der Waals surface area contributed by atoms with Gasteiger partial charge in [-0.1, -0.05) is 6.07 Å². The van der Waals surface area contributed by atoms with Gasteiger partial charge in [-0.05, 0) is 18.9 Å². The standard InChI is InChI=1S/C11H16N2O2/c1-14-11-4-2-3-9(13-11)7-15-10-5-8(12)6-10/h2-4,8,10H,5-7,12H2,1H3. The predicted octanol–water partition coefficient (Wildman–Crippen LogP) is 1.10. The first-order valence-electron chi connectivity index (χ1n) is 5.15. The van der Waals surface area contributed by atoms with Crippen molar-refractivity contribution in [1.82, 2.24) is 4.98 Å². The Morgan fingerprint density at radius 3 is 2.93 bits per heavy atom. The summed E-state index contributed by atoms with van der Waals surface area (Å²) in [6.45, 7) is 0.536. The second-order valence-corrected chi connectivity index (χ2v) is 3.84. The molecule has 0 aliphatic heterocycles. The number of pyridine rings is 1. The summed E-state index contributed by atoms with van der Waals surface area (Å²) in [5.74, 6) is 0.626. The van der Waals surface area contributed by atoms with Crippen LogP contribution in [0.15, 0.2) is 18.2 Å². The predicted molar refractivity (Wildman–Crippen MR) is 56.6 cm³/mol. The van der Waals surface area contributed by atoms with E-state index >= 15 is 0 Å². The number of aromatic nitrogens is 1. The first-order chi connectivity index (χ1) is 7.28. The van der Waals surface area contributed by atoms with Crippen molar-refractivity contribution in [2.75, 3.05) is 7.11 Å². The first kappa shape index (κ1) is 10.4. The molecule has 1 aromatic rings. The molecule has 4 heteroatoms. The molecule has 1 heterocycles. The molecular weight excluding hydrogens is 192 g/mol. The van der Waals surface area contributed by atoms with E-state index in [2.05, 4.69) is 4.98 Å². The molecule has 0 atom stereocenters. The van der Waals surface area contributed by atoms with Gasteiger partial charge in [-0.3, -0.25) is 0 Å². The number of methoxy groups -OCH3 is 1. The fraction of sp³-hybridized carbons (Fsp3) is 0.545. The highest BCUT2D eigenvalue weighted by Crippen LogP contribution is 2.22. The molecule has 2 rings (SSSR count). The zero-order valence-corrected chi connectivity index (χ0v) is 8.85. The Kier molecular flexibility index (Phi) is 3.18. The molecule has 0 saturated heterocycles. The lowest BCUT2D eigenvalue weighted by Gasteiger charge is -2.32. The van der Waals surface area contributed by atoms with Crippen LogP contribution < -0.4 is 10.5 Å². The van der Waals surface area contributed by atoms with Gasteiger partial charge in [-0.25, -0.2) is 4.98 Å². The fourth-order valence-electron chi connectivity index (χ4n) is 1.60. The Bertz CT molecular complexity index is 324. The third kappa shape index (κ3) is 2.67. The second-order valence-electron chi connectivity index (χ2n) is 3.84. The molecule has 1 saturated carbocycles. The molecule has 0 unspecified atom stereocenters. The molecular formula is C11H16N2O2. The zero-order valence-electron chi connectivity index (χ0n) is 8.85. The Labute approximate surface area is 89.4 Å². The van der Waals surface area contributed by atoms with Gasteiger partial charge in [-0.15, -0.1) is 0 Å².